The molecule has 5 heteroatoms. The van der Waals surface area contributed by atoms with E-state index < -0.39 is 11.9 Å². The van der Waals surface area contributed by atoms with Crippen LogP contribution in [-0.4, -0.2) is 24.3 Å². The lowest BCUT2D eigenvalue weighted by Crippen LogP contribution is -2.22. The molecule has 0 fully saturated rings. The molecular weight excluding hydrogens is 318 g/mol. The van der Waals surface area contributed by atoms with Crippen molar-refractivity contribution in [3.63, 3.8) is 0 Å². The Balaban J connectivity index is 2.02. The van der Waals surface area contributed by atoms with Gasteiger partial charge in [0.2, 0.25) is 0 Å². The minimum atomic E-state index is -0.474. The van der Waals surface area contributed by atoms with Crippen LogP contribution in [0.25, 0.3) is 0 Å². The van der Waals surface area contributed by atoms with Crippen LogP contribution in [0.3, 0.4) is 0 Å². The van der Waals surface area contributed by atoms with Crippen molar-refractivity contribution in [1.29, 1.82) is 0 Å². The van der Waals surface area contributed by atoms with Gasteiger partial charge in [-0.15, -0.1) is 0 Å². The molecule has 5 nitrogen and oxygen atoms in total. The third-order valence-electron chi connectivity index (χ3n) is 3.58. The van der Waals surface area contributed by atoms with Crippen LogP contribution < -0.4 is 5.32 Å². The number of hydrogen-bond acceptors (Lipinski definition) is 4. The zero-order chi connectivity index (χ0) is 18.1. The van der Waals surface area contributed by atoms with Crippen LogP contribution in [-0.2, 0) is 14.3 Å². The van der Waals surface area contributed by atoms with Crippen LogP contribution in [0.5, 0.6) is 0 Å². The number of anilines is 1. The molecule has 0 bridgehead atoms. The van der Waals surface area contributed by atoms with Crippen molar-refractivity contribution in [3.8, 4) is 0 Å². The van der Waals surface area contributed by atoms with Crippen molar-refractivity contribution in [3.05, 3.63) is 65.7 Å². The first kappa shape index (κ1) is 18.4. The maximum absolute atomic E-state index is 12.6. The second-order valence-electron chi connectivity index (χ2n) is 5.55. The summed E-state index contributed by atoms with van der Waals surface area (Å²) in [4.78, 5) is 36.1. The van der Waals surface area contributed by atoms with Crippen LogP contribution in [0.4, 0.5) is 5.69 Å². The number of para-hydroxylation sites is 1. The molecule has 0 saturated heterocycles. The van der Waals surface area contributed by atoms with Crippen molar-refractivity contribution < 1.29 is 19.1 Å². The molecule has 0 spiro atoms. The lowest BCUT2D eigenvalue weighted by Gasteiger charge is -2.11. The van der Waals surface area contributed by atoms with Gasteiger partial charge in [-0.2, -0.15) is 0 Å². The molecule has 2 rings (SSSR count). The van der Waals surface area contributed by atoms with Gasteiger partial charge in [-0.3, -0.25) is 14.4 Å². The normalized spacial score (nSPS) is 10.1. The molecule has 25 heavy (non-hydrogen) atoms. The molecule has 0 aliphatic heterocycles. The summed E-state index contributed by atoms with van der Waals surface area (Å²) < 4.78 is 4.93. The van der Waals surface area contributed by atoms with E-state index in [1.807, 2.05) is 13.0 Å². The van der Waals surface area contributed by atoms with E-state index >= 15 is 0 Å². The quantitative estimate of drug-likeness (QED) is 0.589. The van der Waals surface area contributed by atoms with Gasteiger partial charge in [0.1, 0.15) is 0 Å². The number of hydrogen-bond donors (Lipinski definition) is 1. The average Bonchev–Trinajstić information content (AvgIpc) is 2.65. The average molecular weight is 339 g/mol. The Kier molecular flexibility index (Phi) is 6.89. The summed E-state index contributed by atoms with van der Waals surface area (Å²) in [5, 5.41) is 2.64. The number of amides is 1. The van der Waals surface area contributed by atoms with Crippen molar-refractivity contribution >= 4 is 23.3 Å². The molecule has 1 N–H and O–H groups in total. The molecule has 0 saturated carbocycles. The molecule has 130 valence electrons. The molecule has 0 aliphatic rings. The number of carbonyl (C=O) groups is 3. The molecule has 2 aromatic rings. The number of nitrogens with one attached hydrogen (secondary N) is 1. The van der Waals surface area contributed by atoms with E-state index in [2.05, 4.69) is 5.32 Å². The van der Waals surface area contributed by atoms with E-state index in [0.29, 0.717) is 23.2 Å². The van der Waals surface area contributed by atoms with Gasteiger partial charge >= 0.3 is 5.97 Å². The predicted octanol–water partition coefficient (Wildman–Crippen LogP) is 3.59. The molecule has 0 heterocycles. The van der Waals surface area contributed by atoms with Crippen molar-refractivity contribution in [2.45, 2.75) is 26.2 Å². The third kappa shape index (κ3) is 5.57. The van der Waals surface area contributed by atoms with E-state index in [0.717, 1.165) is 12.8 Å². The van der Waals surface area contributed by atoms with Gasteiger partial charge in [0, 0.05) is 17.5 Å². The van der Waals surface area contributed by atoms with Crippen LogP contribution >= 0.6 is 0 Å². The van der Waals surface area contributed by atoms with E-state index in [1.165, 1.54) is 0 Å². The Morgan fingerprint density at radius 2 is 1.64 bits per heavy atom. The van der Waals surface area contributed by atoms with Gasteiger partial charge in [-0.25, -0.2) is 0 Å². The summed E-state index contributed by atoms with van der Waals surface area (Å²) in [6, 6.07) is 15.6. The highest BCUT2D eigenvalue weighted by molar-refractivity contribution is 6.13. The number of carbonyl (C=O) groups excluding carboxylic acids is 3. The first-order valence-corrected chi connectivity index (χ1v) is 8.26. The molecule has 2 aromatic carbocycles. The summed E-state index contributed by atoms with van der Waals surface area (Å²) in [6.07, 6.45) is 1.91. The zero-order valence-corrected chi connectivity index (χ0v) is 14.2. The number of ether oxygens (including phenoxy) is 1. The Morgan fingerprint density at radius 1 is 0.960 bits per heavy atom. The molecule has 1 amide bonds. The third-order valence-corrected chi connectivity index (χ3v) is 3.58. The van der Waals surface area contributed by atoms with Crippen LogP contribution in [0, 0.1) is 0 Å². The van der Waals surface area contributed by atoms with Gasteiger partial charge in [0.25, 0.3) is 5.91 Å². The van der Waals surface area contributed by atoms with Crippen molar-refractivity contribution in [2.75, 3.05) is 11.9 Å². The van der Waals surface area contributed by atoms with E-state index in [9.17, 15) is 14.4 Å². The molecule has 0 aromatic heterocycles. The summed E-state index contributed by atoms with van der Waals surface area (Å²) in [6.45, 7) is 1.61. The van der Waals surface area contributed by atoms with E-state index in [1.54, 1.807) is 48.5 Å². The Bertz CT molecular complexity index is 740. The SMILES string of the molecule is CCCCC(=O)OCC(=O)Nc1ccccc1C(=O)c1ccccc1. The Labute approximate surface area is 147 Å². The van der Waals surface area contributed by atoms with Gasteiger partial charge in [0.05, 0.1) is 5.69 Å². The van der Waals surface area contributed by atoms with Gasteiger partial charge in [-0.1, -0.05) is 55.8 Å². The predicted molar refractivity (Wildman–Crippen MR) is 95.4 cm³/mol. The minimum absolute atomic E-state index is 0.184. The monoisotopic (exact) mass is 339 g/mol. The lowest BCUT2D eigenvalue weighted by molar-refractivity contribution is -0.147. The standard InChI is InChI=1S/C20H21NO4/c1-2-3-13-19(23)25-14-18(22)21-17-12-8-7-11-16(17)20(24)15-9-5-4-6-10-15/h4-12H,2-3,13-14H2,1H3,(H,21,22). The molecule has 0 radical (unpaired) electrons. The molecule has 0 aliphatic carbocycles. The summed E-state index contributed by atoms with van der Waals surface area (Å²) in [7, 11) is 0. The van der Waals surface area contributed by atoms with Crippen LogP contribution in [0.15, 0.2) is 54.6 Å². The Hall–Kier alpha value is -2.95. The largest absolute Gasteiger partial charge is 0.456 e. The van der Waals surface area contributed by atoms with E-state index in [-0.39, 0.29) is 12.4 Å². The number of ketones is 1. The fourth-order valence-electron chi connectivity index (χ4n) is 2.26. The highest BCUT2D eigenvalue weighted by atomic mass is 16.5. The van der Waals surface area contributed by atoms with Crippen LogP contribution in [0.1, 0.15) is 42.1 Å². The highest BCUT2D eigenvalue weighted by Crippen LogP contribution is 2.19. The highest BCUT2D eigenvalue weighted by Gasteiger charge is 2.15. The molecule has 0 atom stereocenters. The molecular formula is C20H21NO4. The van der Waals surface area contributed by atoms with Gasteiger partial charge < -0.3 is 10.1 Å². The number of benzene rings is 2. The second kappa shape index (κ2) is 9.37. The van der Waals surface area contributed by atoms with E-state index in [4.69, 9.17) is 4.74 Å². The summed E-state index contributed by atoms with van der Waals surface area (Å²) >= 11 is 0. The minimum Gasteiger partial charge on any atom is -0.456 e. The topological polar surface area (TPSA) is 72.5 Å². The van der Waals surface area contributed by atoms with Crippen molar-refractivity contribution in [1.82, 2.24) is 0 Å². The fourth-order valence-corrected chi connectivity index (χ4v) is 2.26. The first-order chi connectivity index (χ1) is 12.1. The second-order valence-corrected chi connectivity index (χ2v) is 5.55. The van der Waals surface area contributed by atoms with Gasteiger partial charge in [-0.05, 0) is 18.6 Å². The smallest absolute Gasteiger partial charge is 0.306 e. The fraction of sp³-hybridized carbons (Fsp3) is 0.250. The maximum atomic E-state index is 12.6. The number of unbranched alkanes of at least 4 members (excludes halogenated alkanes) is 1. The van der Waals surface area contributed by atoms with Crippen molar-refractivity contribution in [2.24, 2.45) is 0 Å². The first-order valence-electron chi connectivity index (χ1n) is 8.26. The molecule has 0 unspecified atom stereocenters. The summed E-state index contributed by atoms with van der Waals surface area (Å²) in [5.74, 6) is -1.06. The van der Waals surface area contributed by atoms with Crippen LogP contribution in [0.2, 0.25) is 0 Å². The zero-order valence-electron chi connectivity index (χ0n) is 14.2. The number of rotatable bonds is 8. The Morgan fingerprint density at radius 3 is 2.36 bits per heavy atom. The number of esters is 1. The maximum Gasteiger partial charge on any atom is 0.306 e. The lowest BCUT2D eigenvalue weighted by atomic mass is 10.0. The van der Waals surface area contributed by atoms with Gasteiger partial charge in [0.15, 0.2) is 12.4 Å². The summed E-state index contributed by atoms with van der Waals surface area (Å²) in [5.41, 5.74) is 1.32.